The van der Waals surface area contributed by atoms with E-state index in [-0.39, 0.29) is 51.4 Å². The van der Waals surface area contributed by atoms with Gasteiger partial charge in [-0.15, -0.1) is 17.2 Å². The van der Waals surface area contributed by atoms with Crippen molar-refractivity contribution in [2.24, 2.45) is 0 Å². The van der Waals surface area contributed by atoms with Gasteiger partial charge in [-0.1, -0.05) is 18.2 Å². The summed E-state index contributed by atoms with van der Waals surface area (Å²) in [5.74, 6) is 0. The van der Waals surface area contributed by atoms with Crippen molar-refractivity contribution in [2.45, 2.75) is 4.90 Å². The van der Waals surface area contributed by atoms with Crippen LogP contribution in [0.2, 0.25) is 0 Å². The summed E-state index contributed by atoms with van der Waals surface area (Å²) >= 11 is 1.31. The maximum atomic E-state index is 12.2. The van der Waals surface area contributed by atoms with Gasteiger partial charge in [0.1, 0.15) is 0 Å². The molecule has 1 rings (SSSR count). The second kappa shape index (κ2) is 5.82. The zero-order valence-corrected chi connectivity index (χ0v) is 11.4. The molecule has 0 aliphatic rings. The van der Waals surface area contributed by atoms with Crippen LogP contribution >= 0.6 is 11.8 Å². The molecule has 6 heteroatoms. The number of rotatable bonds is 2. The van der Waals surface area contributed by atoms with E-state index in [4.69, 9.17) is 0 Å². The van der Waals surface area contributed by atoms with E-state index in [0.29, 0.717) is 4.90 Å². The van der Waals surface area contributed by atoms with E-state index in [0.717, 1.165) is 6.07 Å². The van der Waals surface area contributed by atoms with Gasteiger partial charge in [0.25, 0.3) is 0 Å². The first kappa shape index (κ1) is 14.1. The Morgan fingerprint density at radius 1 is 1.23 bits per heavy atom. The Morgan fingerprint density at radius 3 is 2.31 bits per heavy atom. The number of hydrogen-bond acceptors (Lipinski definition) is 1. The van der Waals surface area contributed by atoms with Gasteiger partial charge in [0.15, 0.2) is 0 Å². The molecule has 0 aliphatic heterocycles. The Bertz CT molecular complexity index is 277. The third-order valence-electron chi connectivity index (χ3n) is 1.47. The van der Waals surface area contributed by atoms with Gasteiger partial charge in [-0.3, -0.25) is 0 Å². The minimum Gasteiger partial charge on any atom is -0.445 e. The second-order valence-corrected chi connectivity index (χ2v) is 3.23. The van der Waals surface area contributed by atoms with Crippen molar-refractivity contribution in [2.75, 3.05) is 6.26 Å². The molecule has 66 valence electrons. The molecule has 0 amide bonds. The normalized spacial score (nSPS) is 10.8. The summed E-state index contributed by atoms with van der Waals surface area (Å²) in [6.45, 7) is -4.84. The number of benzene rings is 1. The van der Waals surface area contributed by atoms with Crippen LogP contribution in [-0.2, 0) is 0 Å². The standard InChI is InChI=1S/C7H7BF3S.K/c1-12-7-4-2-3-6(5-7)8(9,10)11;/h2-5H,1H3;/q-1;+1. The third-order valence-corrected chi connectivity index (χ3v) is 2.20. The average Bonchev–Trinajstić information content (AvgIpc) is 2.03. The maximum Gasteiger partial charge on any atom is 1.00 e. The fourth-order valence-electron chi connectivity index (χ4n) is 0.845. The SMILES string of the molecule is CSc1cccc([B-](F)(F)F)c1.[K+]. The molecule has 0 fully saturated rings. The number of halogens is 3. The molecular formula is C7H7BF3KS. The van der Waals surface area contributed by atoms with E-state index >= 15 is 0 Å². The van der Waals surface area contributed by atoms with Gasteiger partial charge >= 0.3 is 58.4 Å². The van der Waals surface area contributed by atoms with Crippen LogP contribution in [0.25, 0.3) is 0 Å². The van der Waals surface area contributed by atoms with Gasteiger partial charge in [0.05, 0.1) is 0 Å². The van der Waals surface area contributed by atoms with E-state index in [1.165, 1.54) is 23.9 Å². The van der Waals surface area contributed by atoms with Gasteiger partial charge < -0.3 is 12.9 Å². The molecule has 0 saturated heterocycles. The molecule has 0 aromatic heterocycles. The minimum absolute atomic E-state index is 0. The van der Waals surface area contributed by atoms with E-state index < -0.39 is 12.4 Å². The van der Waals surface area contributed by atoms with Crippen LogP contribution in [0.15, 0.2) is 29.2 Å². The second-order valence-electron chi connectivity index (χ2n) is 2.35. The Hall–Kier alpha value is 1.06. The molecule has 0 aliphatic carbocycles. The summed E-state index contributed by atoms with van der Waals surface area (Å²) in [6, 6.07) is 5.36. The molecule has 0 radical (unpaired) electrons. The first-order valence-corrected chi connectivity index (χ1v) is 4.60. The minimum atomic E-state index is -4.84. The summed E-state index contributed by atoms with van der Waals surface area (Å²) in [5, 5.41) is 0. The monoisotopic (exact) mass is 230 g/mol. The fraction of sp³-hybridized carbons (Fsp3) is 0.143. The molecule has 0 bridgehead atoms. The van der Waals surface area contributed by atoms with Crippen LogP contribution in [0.5, 0.6) is 0 Å². The molecule has 0 spiro atoms. The van der Waals surface area contributed by atoms with Gasteiger partial charge in [-0.05, 0) is 12.3 Å². The van der Waals surface area contributed by atoms with Crippen molar-refractivity contribution in [3.05, 3.63) is 24.3 Å². The van der Waals surface area contributed by atoms with Crippen LogP contribution in [0.4, 0.5) is 12.9 Å². The van der Waals surface area contributed by atoms with Crippen LogP contribution in [0.3, 0.4) is 0 Å². The van der Waals surface area contributed by atoms with Crippen molar-refractivity contribution >= 4 is 24.2 Å². The zero-order chi connectivity index (χ0) is 9.19. The van der Waals surface area contributed by atoms with Crippen molar-refractivity contribution in [1.29, 1.82) is 0 Å². The summed E-state index contributed by atoms with van der Waals surface area (Å²) in [4.78, 5) is 0.645. The summed E-state index contributed by atoms with van der Waals surface area (Å²) < 4.78 is 36.5. The Kier molecular flexibility index (Phi) is 6.30. The fourth-order valence-corrected chi connectivity index (χ4v) is 1.31. The van der Waals surface area contributed by atoms with Crippen molar-refractivity contribution < 1.29 is 64.3 Å². The van der Waals surface area contributed by atoms with Crippen LogP contribution < -0.4 is 56.8 Å². The molecule has 1 aromatic rings. The molecule has 13 heavy (non-hydrogen) atoms. The molecule has 0 nitrogen and oxygen atoms in total. The van der Waals surface area contributed by atoms with Crippen molar-refractivity contribution in [1.82, 2.24) is 0 Å². The molecule has 0 atom stereocenters. The summed E-state index contributed by atoms with van der Waals surface area (Å²) in [6.07, 6.45) is 1.75. The van der Waals surface area contributed by atoms with Crippen molar-refractivity contribution in [3.63, 3.8) is 0 Å². The topological polar surface area (TPSA) is 0 Å². The molecule has 0 unspecified atom stereocenters. The Morgan fingerprint density at radius 2 is 1.85 bits per heavy atom. The quantitative estimate of drug-likeness (QED) is 0.486. The molecule has 1 aromatic carbocycles. The predicted octanol–water partition coefficient (Wildman–Crippen LogP) is -0.533. The van der Waals surface area contributed by atoms with E-state index in [1.807, 2.05) is 0 Å². The van der Waals surface area contributed by atoms with Gasteiger partial charge in [0, 0.05) is 4.90 Å². The van der Waals surface area contributed by atoms with Gasteiger partial charge in [-0.25, -0.2) is 0 Å². The molecule has 0 N–H and O–H groups in total. The maximum absolute atomic E-state index is 12.2. The molecule has 0 saturated carbocycles. The average molecular weight is 230 g/mol. The summed E-state index contributed by atoms with van der Waals surface area (Å²) in [5.41, 5.74) is -0.526. The first-order chi connectivity index (χ1) is 5.54. The predicted molar refractivity (Wildman–Crippen MR) is 46.9 cm³/mol. The largest absolute Gasteiger partial charge is 1.00 e. The molecular weight excluding hydrogens is 223 g/mol. The van der Waals surface area contributed by atoms with E-state index in [2.05, 4.69) is 0 Å². The van der Waals surface area contributed by atoms with Gasteiger partial charge in [0.2, 0.25) is 0 Å². The Labute approximate surface area is 122 Å². The smallest absolute Gasteiger partial charge is 0.445 e. The third kappa shape index (κ3) is 4.40. The molecule has 0 heterocycles. The van der Waals surface area contributed by atoms with Crippen LogP contribution in [0.1, 0.15) is 0 Å². The summed E-state index contributed by atoms with van der Waals surface area (Å²) in [7, 11) is 0. The first-order valence-electron chi connectivity index (χ1n) is 3.38. The van der Waals surface area contributed by atoms with Gasteiger partial charge in [-0.2, -0.15) is 0 Å². The van der Waals surface area contributed by atoms with Crippen LogP contribution in [-0.4, -0.2) is 13.2 Å². The number of hydrogen-bond donors (Lipinski definition) is 0. The van der Waals surface area contributed by atoms with E-state index in [9.17, 15) is 12.9 Å². The zero-order valence-electron chi connectivity index (χ0n) is 7.43. The van der Waals surface area contributed by atoms with Crippen molar-refractivity contribution in [3.8, 4) is 0 Å². The Balaban J connectivity index is 0.00000144. The van der Waals surface area contributed by atoms with Crippen LogP contribution in [0, 0.1) is 0 Å². The van der Waals surface area contributed by atoms with E-state index in [1.54, 1.807) is 12.3 Å². The number of thioether (sulfide) groups is 1.